The van der Waals surface area contributed by atoms with Crippen LogP contribution in [-0.2, 0) is 14.4 Å². The Labute approximate surface area is 88.1 Å². The van der Waals surface area contributed by atoms with Gasteiger partial charge in [0.15, 0.2) is 0 Å². The summed E-state index contributed by atoms with van der Waals surface area (Å²) in [6.45, 7) is 1.47. The Balaban J connectivity index is 3.66. The van der Waals surface area contributed by atoms with Crippen molar-refractivity contribution in [3.8, 4) is 0 Å². The highest BCUT2D eigenvalue weighted by atomic mass is 16.2. The molecule has 0 aromatic carbocycles. The molecule has 0 aliphatic carbocycles. The summed E-state index contributed by atoms with van der Waals surface area (Å²) in [5, 5.41) is 7.05. The highest BCUT2D eigenvalue weighted by Gasteiger charge is 2.04. The molecule has 3 N–H and O–H groups in total. The lowest BCUT2D eigenvalue weighted by Crippen LogP contribution is -2.40. The first-order valence-electron chi connectivity index (χ1n) is 4.48. The normalized spacial score (nSPS) is 9.73. The minimum atomic E-state index is -0.406. The zero-order valence-corrected chi connectivity index (χ0v) is 8.79. The zero-order valence-electron chi connectivity index (χ0n) is 8.79. The average Bonchev–Trinajstić information content (AvgIpc) is 2.23. The molecule has 0 saturated carbocycles. The van der Waals surface area contributed by atoms with E-state index >= 15 is 0 Å². The fourth-order valence-corrected chi connectivity index (χ4v) is 0.707. The summed E-state index contributed by atoms with van der Waals surface area (Å²) in [7, 11) is 1.47. The summed E-state index contributed by atoms with van der Waals surface area (Å²) >= 11 is 0. The molecule has 0 fully saturated rings. The highest BCUT2D eigenvalue weighted by molar-refractivity contribution is 5.92. The van der Waals surface area contributed by atoms with Crippen molar-refractivity contribution in [2.24, 2.45) is 0 Å². The Morgan fingerprint density at radius 2 is 1.67 bits per heavy atom. The molecule has 0 spiro atoms. The molecule has 0 rings (SSSR count). The molecular weight excluding hydrogens is 198 g/mol. The van der Waals surface area contributed by atoms with Gasteiger partial charge in [-0.3, -0.25) is 14.4 Å². The van der Waals surface area contributed by atoms with Gasteiger partial charge in [-0.2, -0.15) is 0 Å². The lowest BCUT2D eigenvalue weighted by Gasteiger charge is -2.04. The number of hydrogen-bond acceptors (Lipinski definition) is 3. The molecule has 0 atom stereocenters. The van der Waals surface area contributed by atoms with Crippen LogP contribution in [0.25, 0.3) is 0 Å². The number of likely N-dealkylation sites (N-methyl/N-ethyl adjacent to an activating group) is 1. The van der Waals surface area contributed by atoms with Crippen molar-refractivity contribution in [2.45, 2.75) is 6.92 Å². The number of rotatable bonds is 5. The number of amides is 3. The summed E-state index contributed by atoms with van der Waals surface area (Å²) in [6, 6.07) is 0. The smallest absolute Gasteiger partial charge is 0.244 e. The lowest BCUT2D eigenvalue weighted by molar-refractivity contribution is -0.126. The fourth-order valence-electron chi connectivity index (χ4n) is 0.707. The third-order valence-corrected chi connectivity index (χ3v) is 1.47. The maximum absolute atomic E-state index is 11.0. The van der Waals surface area contributed by atoms with Gasteiger partial charge in [-0.05, 0) is 13.0 Å². The molecule has 6 nitrogen and oxygen atoms in total. The van der Waals surface area contributed by atoms with E-state index in [1.807, 2.05) is 0 Å². The van der Waals surface area contributed by atoms with E-state index in [0.29, 0.717) is 0 Å². The Hall–Kier alpha value is -1.85. The Morgan fingerprint density at radius 3 is 2.20 bits per heavy atom. The highest BCUT2D eigenvalue weighted by Crippen LogP contribution is 1.72. The summed E-state index contributed by atoms with van der Waals surface area (Å²) in [5.74, 6) is -1.04. The maximum Gasteiger partial charge on any atom is 0.244 e. The van der Waals surface area contributed by atoms with Crippen LogP contribution in [-0.4, -0.2) is 37.9 Å². The average molecular weight is 213 g/mol. The Bertz CT molecular complexity index is 274. The van der Waals surface area contributed by atoms with Crippen LogP contribution in [0.4, 0.5) is 0 Å². The third-order valence-electron chi connectivity index (χ3n) is 1.47. The molecule has 0 aromatic heterocycles. The summed E-state index contributed by atoms with van der Waals surface area (Å²) < 4.78 is 0. The molecule has 0 unspecified atom stereocenters. The van der Waals surface area contributed by atoms with E-state index in [2.05, 4.69) is 16.0 Å². The second-order valence-electron chi connectivity index (χ2n) is 2.67. The molecule has 15 heavy (non-hydrogen) atoms. The van der Waals surface area contributed by atoms with Gasteiger partial charge in [-0.1, -0.05) is 6.08 Å². The van der Waals surface area contributed by atoms with E-state index in [9.17, 15) is 14.4 Å². The summed E-state index contributed by atoms with van der Waals surface area (Å²) in [6.07, 6.45) is 2.88. The number of nitrogens with one attached hydrogen (secondary N) is 3. The zero-order chi connectivity index (χ0) is 11.7. The van der Waals surface area contributed by atoms with Gasteiger partial charge >= 0.3 is 0 Å². The van der Waals surface area contributed by atoms with Crippen molar-refractivity contribution in [1.82, 2.24) is 16.0 Å². The van der Waals surface area contributed by atoms with E-state index < -0.39 is 5.91 Å². The molecule has 84 valence electrons. The van der Waals surface area contributed by atoms with Crippen molar-refractivity contribution < 1.29 is 14.4 Å². The quantitative estimate of drug-likeness (QED) is 0.488. The Morgan fingerprint density at radius 1 is 1.07 bits per heavy atom. The number of hydrogen-bond donors (Lipinski definition) is 3. The van der Waals surface area contributed by atoms with Gasteiger partial charge in [-0.25, -0.2) is 0 Å². The van der Waals surface area contributed by atoms with Crippen LogP contribution in [0.1, 0.15) is 6.92 Å². The minimum absolute atomic E-state index is 0.0885. The largest absolute Gasteiger partial charge is 0.358 e. The molecule has 3 amide bonds. The van der Waals surface area contributed by atoms with E-state index in [0.717, 1.165) is 0 Å². The molecule has 0 aliphatic rings. The van der Waals surface area contributed by atoms with Crippen molar-refractivity contribution in [2.75, 3.05) is 20.1 Å². The second-order valence-corrected chi connectivity index (χ2v) is 2.67. The predicted molar refractivity (Wildman–Crippen MR) is 54.9 cm³/mol. The molecule has 0 bridgehead atoms. The van der Waals surface area contributed by atoms with E-state index in [-0.39, 0.29) is 24.9 Å². The van der Waals surface area contributed by atoms with Crippen molar-refractivity contribution in [3.05, 3.63) is 12.2 Å². The molecule has 0 aromatic rings. The molecule has 6 heteroatoms. The van der Waals surface area contributed by atoms with Crippen LogP contribution in [0.5, 0.6) is 0 Å². The van der Waals surface area contributed by atoms with Crippen LogP contribution in [0.15, 0.2) is 12.2 Å². The van der Waals surface area contributed by atoms with Gasteiger partial charge in [0.1, 0.15) is 0 Å². The first-order valence-corrected chi connectivity index (χ1v) is 4.48. The van der Waals surface area contributed by atoms with Crippen LogP contribution in [0.2, 0.25) is 0 Å². The van der Waals surface area contributed by atoms with Crippen molar-refractivity contribution >= 4 is 17.7 Å². The molecule has 0 radical (unpaired) electrons. The standard InChI is InChI=1S/C9H15N3O3/c1-3-4-7(13)11-6-9(15)12-5-8(14)10-2/h3-4H,5-6H2,1-2H3,(H,10,14)(H,11,13)(H,12,15)/b4-3+. The monoisotopic (exact) mass is 213 g/mol. The van der Waals surface area contributed by atoms with Gasteiger partial charge in [-0.15, -0.1) is 0 Å². The fraction of sp³-hybridized carbons (Fsp3) is 0.444. The minimum Gasteiger partial charge on any atom is -0.358 e. The van der Waals surface area contributed by atoms with Gasteiger partial charge in [0.2, 0.25) is 17.7 Å². The third kappa shape index (κ3) is 7.24. The predicted octanol–water partition coefficient (Wildman–Crippen LogP) is -1.46. The number of carbonyl (C=O) groups excluding carboxylic acids is 3. The maximum atomic E-state index is 11.0. The molecule has 0 aliphatic heterocycles. The van der Waals surface area contributed by atoms with Gasteiger partial charge in [0, 0.05) is 7.05 Å². The summed E-state index contributed by atoms with van der Waals surface area (Å²) in [5.41, 5.74) is 0. The first-order chi connectivity index (χ1) is 7.10. The second kappa shape index (κ2) is 7.54. The Kier molecular flexibility index (Phi) is 6.61. The van der Waals surface area contributed by atoms with Crippen molar-refractivity contribution in [3.63, 3.8) is 0 Å². The molecular formula is C9H15N3O3. The van der Waals surface area contributed by atoms with Crippen LogP contribution in [0, 0.1) is 0 Å². The van der Waals surface area contributed by atoms with Crippen LogP contribution >= 0.6 is 0 Å². The molecule has 0 heterocycles. The topological polar surface area (TPSA) is 87.3 Å². The number of carbonyl (C=O) groups is 3. The van der Waals surface area contributed by atoms with Crippen molar-refractivity contribution in [1.29, 1.82) is 0 Å². The van der Waals surface area contributed by atoms with E-state index in [1.165, 1.54) is 13.1 Å². The van der Waals surface area contributed by atoms with Gasteiger partial charge < -0.3 is 16.0 Å². The van der Waals surface area contributed by atoms with E-state index in [1.54, 1.807) is 13.0 Å². The summed E-state index contributed by atoms with van der Waals surface area (Å²) in [4.78, 5) is 32.7. The SMILES string of the molecule is C/C=C/C(=O)NCC(=O)NCC(=O)NC. The number of allylic oxidation sites excluding steroid dienone is 1. The van der Waals surface area contributed by atoms with Gasteiger partial charge in [0.25, 0.3) is 0 Å². The van der Waals surface area contributed by atoms with Crippen LogP contribution in [0.3, 0.4) is 0 Å². The lowest BCUT2D eigenvalue weighted by atomic mass is 10.4. The van der Waals surface area contributed by atoms with E-state index in [4.69, 9.17) is 0 Å². The van der Waals surface area contributed by atoms with Crippen LogP contribution < -0.4 is 16.0 Å². The first kappa shape index (κ1) is 13.2. The van der Waals surface area contributed by atoms with Gasteiger partial charge in [0.05, 0.1) is 13.1 Å². The molecule has 0 saturated heterocycles.